The molecule has 1 fully saturated rings. The predicted molar refractivity (Wildman–Crippen MR) is 157 cm³/mol. The third kappa shape index (κ3) is 6.34. The van der Waals surface area contributed by atoms with E-state index in [0.717, 1.165) is 78.9 Å². The molecular weight excluding hydrogens is 489 g/mol. The van der Waals surface area contributed by atoms with Crippen molar-refractivity contribution in [3.8, 4) is 17.0 Å². The van der Waals surface area contributed by atoms with Crippen LogP contribution in [0.2, 0.25) is 0 Å². The number of anilines is 1. The summed E-state index contributed by atoms with van der Waals surface area (Å²) in [4.78, 5) is 18.2. The lowest BCUT2D eigenvalue weighted by atomic mass is 9.89. The summed E-state index contributed by atoms with van der Waals surface area (Å²) in [5, 5.41) is 4.20. The number of aromatic amines is 1. The zero-order valence-electron chi connectivity index (χ0n) is 23.1. The lowest BCUT2D eigenvalue weighted by Crippen LogP contribution is -2.33. The highest BCUT2D eigenvalue weighted by molar-refractivity contribution is 5.92. The Bertz CT molecular complexity index is 1420. The van der Waals surface area contributed by atoms with Crippen molar-refractivity contribution in [1.29, 1.82) is 0 Å². The maximum atomic E-state index is 13.6. The standard InChI is InChI=1S/C33H38FN3O2/c1-22(2)33(38)35-27-7-4-6-25(20-27)23-15-18-37(19-16-23)17-5-8-29-30-21-28(39-3)13-14-31(30)36-32(29)24-9-11-26(34)12-10-24/h4,6-7,9-14,20-23,36H,5,8,15-19H2,1-3H3,(H,35,38). The number of aromatic nitrogens is 1. The van der Waals surface area contributed by atoms with Gasteiger partial charge in [-0.3, -0.25) is 4.79 Å². The Kier molecular flexibility index (Phi) is 8.32. The number of amides is 1. The van der Waals surface area contributed by atoms with E-state index in [2.05, 4.69) is 39.5 Å². The van der Waals surface area contributed by atoms with Crippen molar-refractivity contribution in [2.45, 2.75) is 45.4 Å². The molecule has 0 bridgehead atoms. The minimum atomic E-state index is -0.228. The van der Waals surface area contributed by atoms with Crippen molar-refractivity contribution in [2.24, 2.45) is 5.92 Å². The van der Waals surface area contributed by atoms with Crippen LogP contribution in [0.3, 0.4) is 0 Å². The average Bonchev–Trinajstić information content (AvgIpc) is 3.31. The lowest BCUT2D eigenvalue weighted by Gasteiger charge is -2.32. The fourth-order valence-electron chi connectivity index (χ4n) is 5.60. The van der Waals surface area contributed by atoms with Crippen molar-refractivity contribution >= 4 is 22.5 Å². The largest absolute Gasteiger partial charge is 0.497 e. The number of likely N-dealkylation sites (tertiary alicyclic amines) is 1. The van der Waals surface area contributed by atoms with Crippen molar-refractivity contribution in [2.75, 3.05) is 32.1 Å². The molecule has 204 valence electrons. The monoisotopic (exact) mass is 527 g/mol. The van der Waals surface area contributed by atoms with Gasteiger partial charge in [-0.1, -0.05) is 26.0 Å². The first-order valence-corrected chi connectivity index (χ1v) is 14.0. The van der Waals surface area contributed by atoms with Crippen molar-refractivity contribution in [3.05, 3.63) is 83.7 Å². The van der Waals surface area contributed by atoms with Crippen LogP contribution in [0.1, 0.15) is 50.2 Å². The van der Waals surface area contributed by atoms with E-state index in [9.17, 15) is 9.18 Å². The second-order valence-electron chi connectivity index (χ2n) is 10.9. The predicted octanol–water partition coefficient (Wildman–Crippen LogP) is 7.39. The number of piperidine rings is 1. The Balaban J connectivity index is 1.22. The van der Waals surface area contributed by atoms with Gasteiger partial charge in [-0.2, -0.15) is 0 Å². The van der Waals surface area contributed by atoms with Gasteiger partial charge in [0.15, 0.2) is 0 Å². The number of hydrogen-bond donors (Lipinski definition) is 2. The summed E-state index contributed by atoms with van der Waals surface area (Å²) in [6, 6.07) is 21.2. The van der Waals surface area contributed by atoms with E-state index < -0.39 is 0 Å². The van der Waals surface area contributed by atoms with Gasteiger partial charge >= 0.3 is 0 Å². The van der Waals surface area contributed by atoms with Gasteiger partial charge in [-0.15, -0.1) is 0 Å². The molecule has 2 heterocycles. The Morgan fingerprint density at radius 1 is 1.08 bits per heavy atom. The Hall–Kier alpha value is -3.64. The Morgan fingerprint density at radius 3 is 2.56 bits per heavy atom. The van der Waals surface area contributed by atoms with E-state index in [1.54, 1.807) is 7.11 Å². The lowest BCUT2D eigenvalue weighted by molar-refractivity contribution is -0.118. The summed E-state index contributed by atoms with van der Waals surface area (Å²) >= 11 is 0. The van der Waals surface area contributed by atoms with Crippen molar-refractivity contribution in [1.82, 2.24) is 9.88 Å². The van der Waals surface area contributed by atoms with Crippen LogP contribution >= 0.6 is 0 Å². The molecule has 3 aromatic carbocycles. The minimum absolute atomic E-state index is 0.0325. The first kappa shape index (κ1) is 26.9. The molecule has 0 atom stereocenters. The van der Waals surface area contributed by atoms with E-state index in [1.807, 2.05) is 44.2 Å². The number of H-pyrrole nitrogens is 1. The quantitative estimate of drug-likeness (QED) is 0.239. The summed E-state index contributed by atoms with van der Waals surface area (Å²) in [5.74, 6) is 1.15. The summed E-state index contributed by atoms with van der Waals surface area (Å²) in [6.07, 6.45) is 4.20. The molecule has 5 nitrogen and oxygen atoms in total. The van der Waals surface area contributed by atoms with Crippen LogP contribution < -0.4 is 10.1 Å². The molecule has 0 saturated carbocycles. The first-order valence-electron chi connectivity index (χ1n) is 14.0. The maximum absolute atomic E-state index is 13.6. The average molecular weight is 528 g/mol. The van der Waals surface area contributed by atoms with E-state index in [0.29, 0.717) is 5.92 Å². The molecule has 6 heteroatoms. The van der Waals surface area contributed by atoms with Crippen LogP contribution in [0.25, 0.3) is 22.2 Å². The number of nitrogens with one attached hydrogen (secondary N) is 2. The number of carbonyl (C=O) groups is 1. The third-order valence-corrected chi connectivity index (χ3v) is 7.88. The van der Waals surface area contributed by atoms with Gasteiger partial charge in [-0.25, -0.2) is 4.39 Å². The van der Waals surface area contributed by atoms with Crippen molar-refractivity contribution in [3.63, 3.8) is 0 Å². The molecule has 0 unspecified atom stereocenters. The normalized spacial score (nSPS) is 14.7. The van der Waals surface area contributed by atoms with Crippen molar-refractivity contribution < 1.29 is 13.9 Å². The smallest absolute Gasteiger partial charge is 0.226 e. The number of aryl methyl sites for hydroxylation is 1. The molecular formula is C33H38FN3O2. The molecule has 4 aromatic rings. The zero-order chi connectivity index (χ0) is 27.4. The number of carbonyl (C=O) groups excluding carboxylic acids is 1. The number of fused-ring (bicyclic) bond motifs is 1. The summed E-state index contributed by atoms with van der Waals surface area (Å²) < 4.78 is 19.1. The molecule has 1 amide bonds. The molecule has 1 aromatic heterocycles. The summed E-state index contributed by atoms with van der Waals surface area (Å²) in [6.45, 7) is 7.00. The van der Waals surface area contributed by atoms with Gasteiger partial charge in [0.2, 0.25) is 5.91 Å². The highest BCUT2D eigenvalue weighted by Crippen LogP contribution is 2.34. The number of benzene rings is 3. The number of hydrogen-bond acceptors (Lipinski definition) is 3. The van der Waals surface area contributed by atoms with Gasteiger partial charge in [-0.05, 0) is 123 Å². The van der Waals surface area contributed by atoms with Gasteiger partial charge in [0.05, 0.1) is 7.11 Å². The zero-order valence-corrected chi connectivity index (χ0v) is 23.1. The van der Waals surface area contributed by atoms with E-state index in [-0.39, 0.29) is 17.6 Å². The minimum Gasteiger partial charge on any atom is -0.497 e. The molecule has 1 saturated heterocycles. The molecule has 5 rings (SSSR count). The molecule has 2 N–H and O–H groups in total. The molecule has 39 heavy (non-hydrogen) atoms. The van der Waals surface area contributed by atoms with Gasteiger partial charge < -0.3 is 19.9 Å². The molecule has 0 aliphatic carbocycles. The summed E-state index contributed by atoms with van der Waals surface area (Å²) in [5.41, 5.74) is 6.58. The highest BCUT2D eigenvalue weighted by Gasteiger charge is 2.21. The van der Waals surface area contributed by atoms with E-state index in [1.165, 1.54) is 23.3 Å². The van der Waals surface area contributed by atoms with Crippen LogP contribution in [-0.2, 0) is 11.2 Å². The van der Waals surface area contributed by atoms with Gasteiger partial charge in [0, 0.05) is 28.2 Å². The highest BCUT2D eigenvalue weighted by atomic mass is 19.1. The Labute approximate surface area is 230 Å². The molecule has 1 aliphatic heterocycles. The number of methoxy groups -OCH3 is 1. The Morgan fingerprint density at radius 2 is 1.85 bits per heavy atom. The number of halogens is 1. The molecule has 0 radical (unpaired) electrons. The van der Waals surface area contributed by atoms with E-state index in [4.69, 9.17) is 4.74 Å². The number of ether oxygens (including phenoxy) is 1. The van der Waals surface area contributed by atoms with E-state index >= 15 is 0 Å². The third-order valence-electron chi connectivity index (χ3n) is 7.88. The van der Waals surface area contributed by atoms with Crippen LogP contribution in [-0.4, -0.2) is 42.5 Å². The van der Waals surface area contributed by atoms with Crippen LogP contribution in [0, 0.1) is 11.7 Å². The topological polar surface area (TPSA) is 57.4 Å². The van der Waals surface area contributed by atoms with Crippen LogP contribution in [0.4, 0.5) is 10.1 Å². The number of nitrogens with zero attached hydrogens (tertiary/aromatic N) is 1. The van der Waals surface area contributed by atoms with Crippen LogP contribution in [0.15, 0.2) is 66.7 Å². The fourth-order valence-corrected chi connectivity index (χ4v) is 5.60. The maximum Gasteiger partial charge on any atom is 0.226 e. The molecule has 0 spiro atoms. The first-order chi connectivity index (χ1) is 18.9. The van der Waals surface area contributed by atoms with Crippen LogP contribution in [0.5, 0.6) is 5.75 Å². The fraction of sp³-hybridized carbons (Fsp3) is 0.364. The van der Waals surface area contributed by atoms with Gasteiger partial charge in [0.25, 0.3) is 0 Å². The summed E-state index contributed by atoms with van der Waals surface area (Å²) in [7, 11) is 1.69. The second-order valence-corrected chi connectivity index (χ2v) is 10.9. The van der Waals surface area contributed by atoms with Gasteiger partial charge in [0.1, 0.15) is 11.6 Å². The number of rotatable bonds is 9. The SMILES string of the molecule is COc1ccc2[nH]c(-c3ccc(F)cc3)c(CCCN3CCC(c4cccc(NC(=O)C(C)C)c4)CC3)c2c1. The second kappa shape index (κ2) is 12.0. The molecule has 1 aliphatic rings.